The Labute approximate surface area is 209 Å². The highest BCUT2D eigenvalue weighted by Gasteiger charge is 2.20. The molecule has 0 aliphatic heterocycles. The van der Waals surface area contributed by atoms with Crippen LogP contribution in [0.25, 0.3) is 17.1 Å². The first-order valence-electron chi connectivity index (χ1n) is 11.8. The van der Waals surface area contributed by atoms with Gasteiger partial charge in [-0.2, -0.15) is 4.98 Å². The Bertz CT molecular complexity index is 1120. The molecule has 1 unspecified atom stereocenters. The van der Waals surface area contributed by atoms with Crippen molar-refractivity contribution in [3.63, 3.8) is 0 Å². The number of ether oxygens (including phenoxy) is 3. The van der Waals surface area contributed by atoms with E-state index >= 15 is 0 Å². The summed E-state index contributed by atoms with van der Waals surface area (Å²) in [6, 6.07) is 13.0. The molecule has 1 aromatic heterocycles. The van der Waals surface area contributed by atoms with E-state index in [1.165, 1.54) is 18.4 Å². The van der Waals surface area contributed by atoms with E-state index in [2.05, 4.69) is 15.6 Å². The number of benzene rings is 2. The molecule has 0 fully saturated rings. The normalized spacial score (nSPS) is 12.3. The molecule has 0 amide bonds. The van der Waals surface area contributed by atoms with Crippen molar-refractivity contribution in [1.29, 1.82) is 0 Å². The summed E-state index contributed by atoms with van der Waals surface area (Å²) in [5, 5.41) is 3.95. The summed E-state index contributed by atoms with van der Waals surface area (Å²) in [5.74, 6) is 0.228. The first kappa shape index (κ1) is 26.8. The SMILES string of the molecule is CCCONC(=COc1ccc(CC(OCC)C(=O)OCC)cc1)c1nc(-c2ccc(F)cc2)no1. The van der Waals surface area contributed by atoms with E-state index < -0.39 is 6.10 Å². The summed E-state index contributed by atoms with van der Waals surface area (Å²) in [5.41, 5.74) is 4.57. The van der Waals surface area contributed by atoms with Gasteiger partial charge in [0, 0.05) is 18.6 Å². The molecule has 0 aliphatic carbocycles. The van der Waals surface area contributed by atoms with Gasteiger partial charge in [-0.1, -0.05) is 24.2 Å². The van der Waals surface area contributed by atoms with Crippen LogP contribution in [0.2, 0.25) is 0 Å². The van der Waals surface area contributed by atoms with Gasteiger partial charge in [0.25, 0.3) is 5.89 Å². The maximum atomic E-state index is 13.2. The molecule has 0 radical (unpaired) electrons. The largest absolute Gasteiger partial charge is 0.464 e. The standard InChI is InChI=1S/C26H30FN3O6/c1-4-15-35-29-22(25-28-24(30-36-25)19-9-11-20(27)12-10-19)17-34-21-13-7-18(8-14-21)16-23(32-5-2)26(31)33-6-3/h7-14,17,23,29H,4-6,15-16H2,1-3H3. The van der Waals surface area contributed by atoms with Crippen LogP contribution >= 0.6 is 0 Å². The number of rotatable bonds is 14. The summed E-state index contributed by atoms with van der Waals surface area (Å²) in [6.07, 6.45) is 1.91. The molecule has 0 saturated carbocycles. The quantitative estimate of drug-likeness (QED) is 0.146. The van der Waals surface area contributed by atoms with Gasteiger partial charge in [0.15, 0.2) is 11.8 Å². The number of hydrogen-bond donors (Lipinski definition) is 1. The molecule has 10 heteroatoms. The molecule has 2 aromatic carbocycles. The van der Waals surface area contributed by atoms with Crippen LogP contribution in [0.4, 0.5) is 4.39 Å². The van der Waals surface area contributed by atoms with E-state index in [1.54, 1.807) is 31.2 Å². The van der Waals surface area contributed by atoms with Crippen LogP contribution < -0.4 is 10.2 Å². The van der Waals surface area contributed by atoms with Crippen LogP contribution in [0.1, 0.15) is 38.6 Å². The van der Waals surface area contributed by atoms with Crippen LogP contribution in [-0.4, -0.2) is 42.0 Å². The second kappa shape index (κ2) is 14.0. The van der Waals surface area contributed by atoms with E-state index in [9.17, 15) is 9.18 Å². The van der Waals surface area contributed by atoms with E-state index in [-0.39, 0.29) is 17.7 Å². The monoisotopic (exact) mass is 499 g/mol. The minimum atomic E-state index is -0.666. The van der Waals surface area contributed by atoms with Crippen LogP contribution in [0, 0.1) is 5.82 Å². The zero-order chi connectivity index (χ0) is 25.8. The van der Waals surface area contributed by atoms with Gasteiger partial charge in [0.1, 0.15) is 17.8 Å². The number of carbonyl (C=O) groups is 1. The first-order chi connectivity index (χ1) is 17.5. The molecule has 36 heavy (non-hydrogen) atoms. The van der Waals surface area contributed by atoms with E-state index in [0.717, 1.165) is 12.0 Å². The second-order valence-corrected chi connectivity index (χ2v) is 7.57. The third-order valence-electron chi connectivity index (χ3n) is 4.82. The highest BCUT2D eigenvalue weighted by atomic mass is 19.1. The summed E-state index contributed by atoms with van der Waals surface area (Å²) < 4.78 is 35.0. The minimum Gasteiger partial charge on any atom is -0.464 e. The Morgan fingerprint density at radius 1 is 1.08 bits per heavy atom. The zero-order valence-corrected chi connectivity index (χ0v) is 20.5. The number of hydroxylamine groups is 1. The molecular formula is C26H30FN3O6. The third kappa shape index (κ3) is 7.89. The average molecular weight is 500 g/mol. The molecule has 1 atom stereocenters. The highest BCUT2D eigenvalue weighted by molar-refractivity contribution is 5.75. The number of aromatic nitrogens is 2. The van der Waals surface area contributed by atoms with Crippen molar-refractivity contribution in [3.8, 4) is 17.1 Å². The van der Waals surface area contributed by atoms with Gasteiger partial charge in [-0.05, 0) is 62.2 Å². The Kier molecular flexibility index (Phi) is 10.4. The van der Waals surface area contributed by atoms with Gasteiger partial charge in [-0.3, -0.25) is 10.3 Å². The predicted molar refractivity (Wildman–Crippen MR) is 130 cm³/mol. The molecule has 3 aromatic rings. The Hall–Kier alpha value is -3.76. The number of carbonyl (C=O) groups excluding carboxylic acids is 1. The summed E-state index contributed by atoms with van der Waals surface area (Å²) in [4.78, 5) is 21.9. The van der Waals surface area contributed by atoms with Crippen molar-refractivity contribution in [2.45, 2.75) is 39.7 Å². The molecule has 9 nitrogen and oxygen atoms in total. The van der Waals surface area contributed by atoms with Gasteiger partial charge < -0.3 is 18.7 Å². The Balaban J connectivity index is 1.71. The average Bonchev–Trinajstić information content (AvgIpc) is 3.37. The van der Waals surface area contributed by atoms with Crippen LogP contribution in [0.5, 0.6) is 5.75 Å². The minimum absolute atomic E-state index is 0.135. The lowest BCUT2D eigenvalue weighted by Gasteiger charge is -2.15. The van der Waals surface area contributed by atoms with E-state index in [4.69, 9.17) is 23.6 Å². The molecule has 0 bridgehead atoms. The van der Waals surface area contributed by atoms with Crippen molar-refractivity contribution in [2.24, 2.45) is 0 Å². The fourth-order valence-corrected chi connectivity index (χ4v) is 3.09. The molecule has 0 aliphatic rings. The Morgan fingerprint density at radius 3 is 2.50 bits per heavy atom. The molecule has 0 spiro atoms. The first-order valence-corrected chi connectivity index (χ1v) is 11.8. The van der Waals surface area contributed by atoms with Gasteiger partial charge >= 0.3 is 5.97 Å². The van der Waals surface area contributed by atoms with Crippen LogP contribution in [0.3, 0.4) is 0 Å². The summed E-state index contributed by atoms with van der Waals surface area (Å²) in [7, 11) is 0. The lowest BCUT2D eigenvalue weighted by atomic mass is 10.1. The topological polar surface area (TPSA) is 105 Å². The maximum absolute atomic E-state index is 13.2. The summed E-state index contributed by atoms with van der Waals surface area (Å²) >= 11 is 0. The molecule has 1 heterocycles. The molecule has 1 N–H and O–H groups in total. The lowest BCUT2D eigenvalue weighted by Crippen LogP contribution is -2.28. The van der Waals surface area contributed by atoms with Gasteiger partial charge in [0.2, 0.25) is 5.82 Å². The number of nitrogens with one attached hydrogen (secondary N) is 1. The summed E-state index contributed by atoms with van der Waals surface area (Å²) in [6.45, 7) is 6.72. The van der Waals surface area contributed by atoms with Crippen molar-refractivity contribution >= 4 is 11.7 Å². The van der Waals surface area contributed by atoms with Crippen molar-refractivity contribution in [2.75, 3.05) is 19.8 Å². The number of halogens is 1. The zero-order valence-electron chi connectivity index (χ0n) is 20.5. The van der Waals surface area contributed by atoms with E-state index in [1.807, 2.05) is 26.0 Å². The van der Waals surface area contributed by atoms with Crippen molar-refractivity contribution in [1.82, 2.24) is 15.6 Å². The third-order valence-corrected chi connectivity index (χ3v) is 4.82. The van der Waals surface area contributed by atoms with Crippen molar-refractivity contribution in [3.05, 3.63) is 72.1 Å². The number of hydrogen-bond acceptors (Lipinski definition) is 9. The number of esters is 1. The van der Waals surface area contributed by atoms with Crippen molar-refractivity contribution < 1.29 is 32.8 Å². The predicted octanol–water partition coefficient (Wildman–Crippen LogP) is 4.70. The molecular weight excluding hydrogens is 469 g/mol. The molecule has 192 valence electrons. The fraction of sp³-hybridized carbons (Fsp3) is 0.346. The van der Waals surface area contributed by atoms with Gasteiger partial charge in [-0.25, -0.2) is 9.18 Å². The highest BCUT2D eigenvalue weighted by Crippen LogP contribution is 2.20. The van der Waals surface area contributed by atoms with E-state index in [0.29, 0.717) is 49.1 Å². The maximum Gasteiger partial charge on any atom is 0.335 e. The Morgan fingerprint density at radius 2 is 1.83 bits per heavy atom. The lowest BCUT2D eigenvalue weighted by molar-refractivity contribution is -0.156. The molecule has 3 rings (SSSR count). The fourth-order valence-electron chi connectivity index (χ4n) is 3.09. The number of nitrogens with zero attached hydrogens (tertiary/aromatic N) is 2. The smallest absolute Gasteiger partial charge is 0.335 e. The van der Waals surface area contributed by atoms with Crippen LogP contribution in [-0.2, 0) is 25.5 Å². The van der Waals surface area contributed by atoms with Gasteiger partial charge in [-0.15, -0.1) is 0 Å². The second-order valence-electron chi connectivity index (χ2n) is 7.57. The van der Waals surface area contributed by atoms with Gasteiger partial charge in [0.05, 0.1) is 13.2 Å². The van der Waals surface area contributed by atoms with Crippen LogP contribution in [0.15, 0.2) is 59.3 Å². The molecule has 0 saturated heterocycles.